The predicted molar refractivity (Wildman–Crippen MR) is 146 cm³/mol. The van der Waals surface area contributed by atoms with E-state index in [1.165, 1.54) is 0 Å². The Labute approximate surface area is 229 Å². The monoisotopic (exact) mass is 555 g/mol. The van der Waals surface area contributed by atoms with Gasteiger partial charge in [0.05, 0.1) is 35.5 Å². The summed E-state index contributed by atoms with van der Waals surface area (Å²) >= 11 is 18.5. The van der Waals surface area contributed by atoms with Gasteiger partial charge in [-0.05, 0) is 86.5 Å². The van der Waals surface area contributed by atoms with E-state index in [0.717, 1.165) is 48.9 Å². The summed E-state index contributed by atoms with van der Waals surface area (Å²) in [4.78, 5) is 14.2. The van der Waals surface area contributed by atoms with Crippen LogP contribution in [-0.4, -0.2) is 54.4 Å². The van der Waals surface area contributed by atoms with Crippen LogP contribution in [0.25, 0.3) is 0 Å². The highest BCUT2D eigenvalue weighted by Crippen LogP contribution is 2.29. The molecule has 2 aromatic carbocycles. The van der Waals surface area contributed by atoms with Crippen LogP contribution >= 0.6 is 34.8 Å². The minimum atomic E-state index is -0.608. The van der Waals surface area contributed by atoms with Crippen LogP contribution in [0, 0.1) is 0 Å². The molecule has 1 aliphatic rings. The first-order valence-corrected chi connectivity index (χ1v) is 13.9. The number of hydrogen-bond acceptors (Lipinski definition) is 5. The Balaban J connectivity index is 1.56. The molecule has 0 amide bonds. The maximum Gasteiger partial charge on any atom is 0.306 e. The van der Waals surface area contributed by atoms with Crippen LogP contribution in [0.1, 0.15) is 62.3 Å². The summed E-state index contributed by atoms with van der Waals surface area (Å²) < 4.78 is 11.3. The second-order valence-corrected chi connectivity index (χ2v) is 10.5. The molecule has 0 aliphatic carbocycles. The van der Waals surface area contributed by atoms with Gasteiger partial charge in [-0.25, -0.2) is 0 Å². The quantitative estimate of drug-likeness (QED) is 0.279. The molecular weight excluding hydrogens is 521 g/mol. The van der Waals surface area contributed by atoms with Crippen LogP contribution in [-0.2, 0) is 27.1 Å². The van der Waals surface area contributed by atoms with E-state index in [2.05, 4.69) is 11.8 Å². The van der Waals surface area contributed by atoms with Crippen LogP contribution in [0.3, 0.4) is 0 Å². The van der Waals surface area contributed by atoms with Gasteiger partial charge in [-0.2, -0.15) is 0 Å². The van der Waals surface area contributed by atoms with Gasteiger partial charge < -0.3 is 14.6 Å². The number of ether oxygens (including phenoxy) is 2. The minimum Gasteiger partial charge on any atom is -0.466 e. The van der Waals surface area contributed by atoms with Gasteiger partial charge in [-0.3, -0.25) is 9.69 Å². The van der Waals surface area contributed by atoms with Gasteiger partial charge in [-0.1, -0.05) is 53.9 Å². The number of halogens is 3. The Bertz CT molecular complexity index is 1000. The smallest absolute Gasteiger partial charge is 0.306 e. The third kappa shape index (κ3) is 8.61. The number of hydrogen-bond donors (Lipinski definition) is 1. The molecule has 3 atom stereocenters. The van der Waals surface area contributed by atoms with Gasteiger partial charge in [0.1, 0.15) is 0 Å². The Morgan fingerprint density at radius 2 is 1.94 bits per heavy atom. The number of aryl methyl sites for hydroxylation is 1. The lowest BCUT2D eigenvalue weighted by Crippen LogP contribution is -2.39. The van der Waals surface area contributed by atoms with Crippen molar-refractivity contribution < 1.29 is 19.4 Å². The van der Waals surface area contributed by atoms with E-state index in [0.29, 0.717) is 40.7 Å². The fourth-order valence-electron chi connectivity index (χ4n) is 4.86. The van der Waals surface area contributed by atoms with Crippen LogP contribution in [0.4, 0.5) is 0 Å². The van der Waals surface area contributed by atoms with Crippen molar-refractivity contribution in [2.75, 3.05) is 26.3 Å². The molecule has 36 heavy (non-hydrogen) atoms. The average molecular weight is 557 g/mol. The molecule has 0 saturated carbocycles. The van der Waals surface area contributed by atoms with Crippen molar-refractivity contribution in [2.24, 2.45) is 0 Å². The highest BCUT2D eigenvalue weighted by molar-refractivity contribution is 6.42. The lowest BCUT2D eigenvalue weighted by molar-refractivity contribution is -0.143. The normalized spacial score (nSPS) is 17.8. The average Bonchev–Trinajstić information content (AvgIpc) is 3.27. The van der Waals surface area contributed by atoms with E-state index in [-0.39, 0.29) is 25.1 Å². The van der Waals surface area contributed by atoms with Crippen LogP contribution in [0.2, 0.25) is 15.1 Å². The number of likely N-dealkylation sites (tertiary alicyclic amines) is 1. The van der Waals surface area contributed by atoms with Crippen molar-refractivity contribution in [2.45, 2.75) is 70.6 Å². The molecule has 0 radical (unpaired) electrons. The van der Waals surface area contributed by atoms with E-state index in [9.17, 15) is 9.90 Å². The molecule has 0 bridgehead atoms. The first-order valence-electron chi connectivity index (χ1n) is 12.7. The van der Waals surface area contributed by atoms with E-state index in [4.69, 9.17) is 44.3 Å². The van der Waals surface area contributed by atoms with Gasteiger partial charge in [0.25, 0.3) is 0 Å². The van der Waals surface area contributed by atoms with Crippen molar-refractivity contribution in [3.63, 3.8) is 0 Å². The molecule has 1 saturated heterocycles. The molecule has 2 aromatic rings. The molecule has 8 heteroatoms. The van der Waals surface area contributed by atoms with E-state index >= 15 is 0 Å². The molecule has 1 fully saturated rings. The zero-order valence-electron chi connectivity index (χ0n) is 21.0. The Morgan fingerprint density at radius 1 is 1.14 bits per heavy atom. The largest absolute Gasteiger partial charge is 0.466 e. The standard InChI is InChI=1S/C28H36Cl3NO4/c1-3-27(24-10-9-21(29)16-20(24)8-12-28(34)35-4-2)36-18-23(33)17-32-13-5-6-22(32)14-19-7-11-25(30)26(31)15-19/h7,9-11,15-16,22-23,27,33H,3-6,8,12-14,17-18H2,1-2H3/t22-,23?,27?/m0/s1. The number of aliphatic hydroxyl groups is 1. The number of aliphatic hydroxyl groups excluding tert-OH is 1. The Hall–Kier alpha value is -1.34. The maximum absolute atomic E-state index is 11.9. The number of carbonyl (C=O) groups is 1. The number of benzene rings is 2. The second-order valence-electron chi connectivity index (χ2n) is 9.28. The van der Waals surface area contributed by atoms with E-state index in [1.54, 1.807) is 6.92 Å². The Morgan fingerprint density at radius 3 is 2.67 bits per heavy atom. The van der Waals surface area contributed by atoms with Crippen molar-refractivity contribution in [1.29, 1.82) is 0 Å². The fraction of sp³-hybridized carbons (Fsp3) is 0.536. The van der Waals surface area contributed by atoms with Gasteiger partial charge in [-0.15, -0.1) is 0 Å². The summed E-state index contributed by atoms with van der Waals surface area (Å²) in [7, 11) is 0. The molecular formula is C28H36Cl3NO4. The fourth-order valence-corrected chi connectivity index (χ4v) is 5.37. The van der Waals surface area contributed by atoms with Crippen molar-refractivity contribution in [3.8, 4) is 0 Å². The molecule has 1 aliphatic heterocycles. The second kappa shape index (κ2) is 14.6. The van der Waals surface area contributed by atoms with Crippen molar-refractivity contribution >= 4 is 40.8 Å². The van der Waals surface area contributed by atoms with Gasteiger partial charge in [0, 0.05) is 24.0 Å². The third-order valence-electron chi connectivity index (χ3n) is 6.62. The van der Waals surface area contributed by atoms with Crippen molar-refractivity contribution in [1.82, 2.24) is 4.90 Å². The SMILES string of the molecule is CCOC(=O)CCc1cc(Cl)ccc1C(CC)OCC(O)CN1CCC[C@H]1Cc1ccc(Cl)c(Cl)c1. The number of β-amino-alcohol motifs (C(OH)–C–C–N with tert-alkyl or cyclic N) is 1. The first-order chi connectivity index (χ1) is 17.3. The zero-order chi connectivity index (χ0) is 26.1. The molecule has 3 rings (SSSR count). The van der Waals surface area contributed by atoms with Crippen LogP contribution in [0.5, 0.6) is 0 Å². The molecule has 1 N–H and O–H groups in total. The predicted octanol–water partition coefficient (Wildman–Crippen LogP) is 6.68. The lowest BCUT2D eigenvalue weighted by atomic mass is 9.97. The maximum atomic E-state index is 11.9. The van der Waals surface area contributed by atoms with Gasteiger partial charge in [0.15, 0.2) is 0 Å². The van der Waals surface area contributed by atoms with Crippen molar-refractivity contribution in [3.05, 3.63) is 68.2 Å². The number of carbonyl (C=O) groups excluding carboxylic acids is 1. The summed E-state index contributed by atoms with van der Waals surface area (Å²) in [6, 6.07) is 11.8. The summed E-state index contributed by atoms with van der Waals surface area (Å²) in [5, 5.41) is 12.6. The summed E-state index contributed by atoms with van der Waals surface area (Å²) in [5.41, 5.74) is 3.12. The number of rotatable bonds is 13. The molecule has 5 nitrogen and oxygen atoms in total. The topological polar surface area (TPSA) is 59.0 Å². The molecule has 0 aromatic heterocycles. The minimum absolute atomic E-state index is 0.195. The summed E-state index contributed by atoms with van der Waals surface area (Å²) in [6.45, 7) is 5.95. The highest BCUT2D eigenvalue weighted by atomic mass is 35.5. The molecule has 2 unspecified atom stereocenters. The van der Waals surface area contributed by atoms with Gasteiger partial charge >= 0.3 is 5.97 Å². The van der Waals surface area contributed by atoms with E-state index in [1.807, 2.05) is 36.4 Å². The Kier molecular flexibility index (Phi) is 11.8. The molecule has 198 valence electrons. The van der Waals surface area contributed by atoms with E-state index < -0.39 is 6.10 Å². The molecule has 0 spiro atoms. The van der Waals surface area contributed by atoms with Gasteiger partial charge in [0.2, 0.25) is 0 Å². The first kappa shape index (κ1) is 29.2. The van der Waals surface area contributed by atoms with Crippen LogP contribution < -0.4 is 0 Å². The molecule has 1 heterocycles. The summed E-state index contributed by atoms with van der Waals surface area (Å²) in [6.07, 6.45) is 3.81. The lowest BCUT2D eigenvalue weighted by Gasteiger charge is -2.28. The zero-order valence-corrected chi connectivity index (χ0v) is 23.3. The number of nitrogens with zero attached hydrogens (tertiary/aromatic N) is 1. The summed E-state index contributed by atoms with van der Waals surface area (Å²) in [5.74, 6) is -0.228. The third-order valence-corrected chi connectivity index (χ3v) is 7.59. The van der Waals surface area contributed by atoms with Crippen LogP contribution in [0.15, 0.2) is 36.4 Å². The highest BCUT2D eigenvalue weighted by Gasteiger charge is 2.27. The number of esters is 1.